The fraction of sp³-hybridized carbons (Fsp3) is 0.579. The van der Waals surface area contributed by atoms with Crippen molar-refractivity contribution in [1.29, 1.82) is 10.5 Å². The fourth-order valence-corrected chi connectivity index (χ4v) is 2.52. The first-order chi connectivity index (χ1) is 11.2. The van der Waals surface area contributed by atoms with E-state index >= 15 is 0 Å². The van der Waals surface area contributed by atoms with E-state index in [1.807, 2.05) is 12.1 Å². The van der Waals surface area contributed by atoms with Crippen LogP contribution in [0.25, 0.3) is 0 Å². The summed E-state index contributed by atoms with van der Waals surface area (Å²) in [5.41, 5.74) is 1.62. The predicted octanol–water partition coefficient (Wildman–Crippen LogP) is 4.42. The summed E-state index contributed by atoms with van der Waals surface area (Å²) < 4.78 is 11.3. The molecule has 0 fully saturated rings. The molecule has 1 rings (SSSR count). The molecule has 0 saturated carbocycles. The maximum absolute atomic E-state index is 9.02. The van der Waals surface area contributed by atoms with E-state index in [0.29, 0.717) is 24.0 Å². The summed E-state index contributed by atoms with van der Waals surface area (Å²) in [7, 11) is 1.57. The summed E-state index contributed by atoms with van der Waals surface area (Å²) in [6.45, 7) is 5.01. The lowest BCUT2D eigenvalue weighted by atomic mass is 10.0. The van der Waals surface area contributed by atoms with Gasteiger partial charge in [-0.15, -0.1) is 0 Å². The molecule has 0 aliphatic heterocycles. The smallest absolute Gasteiger partial charge is 0.124 e. The van der Waals surface area contributed by atoms with Crippen LogP contribution in [0, 0.1) is 28.6 Å². The minimum atomic E-state index is 0.263. The molecular formula is C19H26N2O2. The second kappa shape index (κ2) is 10.5. The molecule has 1 aromatic carbocycles. The van der Waals surface area contributed by atoms with Crippen molar-refractivity contribution in [3.63, 3.8) is 0 Å². The second-order valence-corrected chi connectivity index (χ2v) is 5.67. The van der Waals surface area contributed by atoms with Crippen molar-refractivity contribution in [2.24, 2.45) is 5.92 Å². The summed E-state index contributed by atoms with van der Waals surface area (Å²) in [4.78, 5) is 0. The van der Waals surface area contributed by atoms with Gasteiger partial charge in [0.2, 0.25) is 0 Å². The normalized spacial score (nSPS) is 11.3. The SMILES string of the molecule is CCCC[C@@H](CC)COc1cc(CC#N)c(OC)cc1CC#N. The van der Waals surface area contributed by atoms with Gasteiger partial charge in [0.25, 0.3) is 0 Å². The van der Waals surface area contributed by atoms with Crippen molar-refractivity contribution >= 4 is 0 Å². The van der Waals surface area contributed by atoms with Crippen molar-refractivity contribution in [2.75, 3.05) is 13.7 Å². The lowest BCUT2D eigenvalue weighted by Crippen LogP contribution is -2.12. The topological polar surface area (TPSA) is 66.0 Å². The zero-order valence-corrected chi connectivity index (χ0v) is 14.4. The Morgan fingerprint density at radius 3 is 2.17 bits per heavy atom. The van der Waals surface area contributed by atoms with Crippen molar-refractivity contribution in [3.05, 3.63) is 23.3 Å². The largest absolute Gasteiger partial charge is 0.496 e. The Hall–Kier alpha value is -2.20. The zero-order chi connectivity index (χ0) is 17.1. The molecule has 0 unspecified atom stereocenters. The summed E-state index contributed by atoms with van der Waals surface area (Å²) >= 11 is 0. The fourth-order valence-electron chi connectivity index (χ4n) is 2.52. The van der Waals surface area contributed by atoms with Crippen molar-refractivity contribution < 1.29 is 9.47 Å². The monoisotopic (exact) mass is 314 g/mol. The van der Waals surface area contributed by atoms with Gasteiger partial charge in [-0.1, -0.05) is 33.1 Å². The Labute approximate surface area is 139 Å². The first kappa shape index (κ1) is 18.8. The number of benzene rings is 1. The van der Waals surface area contributed by atoms with Crippen LogP contribution in [0.5, 0.6) is 11.5 Å². The lowest BCUT2D eigenvalue weighted by Gasteiger charge is -2.18. The number of nitrogens with zero attached hydrogens (tertiary/aromatic N) is 2. The van der Waals surface area contributed by atoms with Gasteiger partial charge in [0.05, 0.1) is 38.7 Å². The van der Waals surface area contributed by atoms with E-state index in [-0.39, 0.29) is 12.8 Å². The Morgan fingerprint density at radius 1 is 1.04 bits per heavy atom. The highest BCUT2D eigenvalue weighted by molar-refractivity contribution is 5.48. The quantitative estimate of drug-likeness (QED) is 0.641. The van der Waals surface area contributed by atoms with Gasteiger partial charge < -0.3 is 9.47 Å². The molecule has 0 bridgehead atoms. The van der Waals surface area contributed by atoms with Crippen LogP contribution in [-0.4, -0.2) is 13.7 Å². The summed E-state index contributed by atoms with van der Waals surface area (Å²) in [5, 5.41) is 18.0. The van der Waals surface area contributed by atoms with Crippen LogP contribution in [-0.2, 0) is 12.8 Å². The third kappa shape index (κ3) is 5.83. The summed E-state index contributed by atoms with van der Waals surface area (Å²) in [5.74, 6) is 1.86. The molecule has 1 atom stereocenters. The van der Waals surface area contributed by atoms with E-state index in [4.69, 9.17) is 20.0 Å². The molecule has 0 heterocycles. The molecule has 4 nitrogen and oxygen atoms in total. The predicted molar refractivity (Wildman–Crippen MR) is 90.4 cm³/mol. The number of nitriles is 2. The van der Waals surface area contributed by atoms with E-state index < -0.39 is 0 Å². The van der Waals surface area contributed by atoms with Gasteiger partial charge in [0.1, 0.15) is 11.5 Å². The number of methoxy groups -OCH3 is 1. The molecule has 4 heteroatoms. The van der Waals surface area contributed by atoms with Crippen LogP contribution in [0.4, 0.5) is 0 Å². The van der Waals surface area contributed by atoms with E-state index in [1.54, 1.807) is 7.11 Å². The van der Waals surface area contributed by atoms with E-state index in [9.17, 15) is 0 Å². The highest BCUT2D eigenvalue weighted by atomic mass is 16.5. The van der Waals surface area contributed by atoms with Gasteiger partial charge in [-0.2, -0.15) is 10.5 Å². The third-order valence-electron chi connectivity index (χ3n) is 4.02. The van der Waals surface area contributed by atoms with Crippen LogP contribution in [0.3, 0.4) is 0 Å². The van der Waals surface area contributed by atoms with Gasteiger partial charge in [0, 0.05) is 11.1 Å². The first-order valence-corrected chi connectivity index (χ1v) is 8.26. The number of hydrogen-bond acceptors (Lipinski definition) is 4. The van der Waals surface area contributed by atoms with Crippen molar-refractivity contribution in [3.8, 4) is 23.6 Å². The maximum atomic E-state index is 9.02. The molecule has 0 aliphatic carbocycles. The number of hydrogen-bond donors (Lipinski definition) is 0. The molecule has 0 radical (unpaired) electrons. The van der Waals surface area contributed by atoms with E-state index in [0.717, 1.165) is 24.0 Å². The molecule has 23 heavy (non-hydrogen) atoms. The minimum absolute atomic E-state index is 0.263. The molecule has 124 valence electrons. The highest BCUT2D eigenvalue weighted by Gasteiger charge is 2.14. The Balaban J connectivity index is 2.96. The zero-order valence-electron chi connectivity index (χ0n) is 14.4. The van der Waals surface area contributed by atoms with Crippen LogP contribution in [0.15, 0.2) is 12.1 Å². The molecule has 0 saturated heterocycles. The number of ether oxygens (including phenoxy) is 2. The van der Waals surface area contributed by atoms with Gasteiger partial charge in [-0.25, -0.2) is 0 Å². The summed E-state index contributed by atoms with van der Waals surface area (Å²) in [6.07, 6.45) is 5.15. The molecule has 0 amide bonds. The van der Waals surface area contributed by atoms with E-state index in [1.165, 1.54) is 12.8 Å². The van der Waals surface area contributed by atoms with E-state index in [2.05, 4.69) is 26.0 Å². The van der Waals surface area contributed by atoms with Crippen LogP contribution in [0.1, 0.15) is 50.7 Å². The van der Waals surface area contributed by atoms with Gasteiger partial charge in [-0.3, -0.25) is 0 Å². The van der Waals surface area contributed by atoms with Gasteiger partial charge in [-0.05, 0) is 24.5 Å². The maximum Gasteiger partial charge on any atom is 0.124 e. The average molecular weight is 314 g/mol. The molecule has 0 N–H and O–H groups in total. The second-order valence-electron chi connectivity index (χ2n) is 5.67. The van der Waals surface area contributed by atoms with Crippen molar-refractivity contribution in [2.45, 2.75) is 52.4 Å². The Bertz CT molecular complexity index is 570. The van der Waals surface area contributed by atoms with Gasteiger partial charge in [0.15, 0.2) is 0 Å². The number of rotatable bonds is 10. The lowest BCUT2D eigenvalue weighted by molar-refractivity contribution is 0.231. The summed E-state index contributed by atoms with van der Waals surface area (Å²) in [6, 6.07) is 7.97. The first-order valence-electron chi connectivity index (χ1n) is 8.26. The minimum Gasteiger partial charge on any atom is -0.496 e. The molecular weight excluding hydrogens is 288 g/mol. The van der Waals surface area contributed by atoms with Crippen LogP contribution < -0.4 is 9.47 Å². The third-order valence-corrected chi connectivity index (χ3v) is 4.02. The van der Waals surface area contributed by atoms with Crippen LogP contribution in [0.2, 0.25) is 0 Å². The Kier molecular flexibility index (Phi) is 8.62. The standard InChI is InChI=1S/C19H26N2O2/c1-4-6-7-15(5-2)14-23-19-13-16(8-10-20)18(22-3)12-17(19)9-11-21/h12-13,15H,4-9,14H2,1-3H3/t15-/m1/s1. The van der Waals surface area contributed by atoms with Crippen LogP contribution >= 0.6 is 0 Å². The molecule has 0 aliphatic rings. The molecule has 0 spiro atoms. The molecule has 0 aromatic heterocycles. The van der Waals surface area contributed by atoms with Gasteiger partial charge >= 0.3 is 0 Å². The Morgan fingerprint density at radius 2 is 1.65 bits per heavy atom. The van der Waals surface area contributed by atoms with Crippen molar-refractivity contribution in [1.82, 2.24) is 0 Å². The molecule has 1 aromatic rings. The number of unbranched alkanes of at least 4 members (excludes halogenated alkanes) is 1. The average Bonchev–Trinajstić information content (AvgIpc) is 2.57. The highest BCUT2D eigenvalue weighted by Crippen LogP contribution is 2.30.